The second kappa shape index (κ2) is 12.1. The number of aliphatic hydroxyl groups is 1. The van der Waals surface area contributed by atoms with E-state index in [1.54, 1.807) is 6.20 Å². The maximum atomic E-state index is 12.4. The number of anilines is 4. The van der Waals surface area contributed by atoms with Crippen LogP contribution in [0.3, 0.4) is 0 Å². The number of nitrogens with zero attached hydrogens (tertiary/aromatic N) is 2. The van der Waals surface area contributed by atoms with E-state index in [2.05, 4.69) is 25.9 Å². The summed E-state index contributed by atoms with van der Waals surface area (Å²) in [5, 5.41) is 18.7. The third kappa shape index (κ3) is 6.90. The summed E-state index contributed by atoms with van der Waals surface area (Å²) in [4.78, 5) is 21.4. The van der Waals surface area contributed by atoms with Crippen LogP contribution in [0.4, 0.5) is 27.8 Å². The zero-order chi connectivity index (χ0) is 26.3. The molecular formula is C28H34N6O4. The number of hydrogen-bond acceptors (Lipinski definition) is 8. The number of carbonyl (C=O) groups is 1. The van der Waals surface area contributed by atoms with Crippen molar-refractivity contribution in [1.82, 2.24) is 15.3 Å². The first kappa shape index (κ1) is 25.7. The Morgan fingerprint density at radius 1 is 1.00 bits per heavy atom. The second-order valence-corrected chi connectivity index (χ2v) is 9.76. The zero-order valence-electron chi connectivity index (χ0n) is 21.2. The largest absolute Gasteiger partial charge is 0.488 e. The van der Waals surface area contributed by atoms with E-state index in [1.807, 2.05) is 48.5 Å². The number of rotatable bonds is 7. The molecule has 38 heavy (non-hydrogen) atoms. The summed E-state index contributed by atoms with van der Waals surface area (Å²) in [5.74, 6) is 1.09. The van der Waals surface area contributed by atoms with Crippen LogP contribution in [-0.2, 0) is 4.74 Å². The first-order chi connectivity index (χ1) is 18.5. The number of hydrogen-bond donors (Lipinski definition) is 5. The van der Waals surface area contributed by atoms with Gasteiger partial charge in [0.25, 0.3) is 0 Å². The van der Waals surface area contributed by atoms with Crippen molar-refractivity contribution in [1.29, 1.82) is 0 Å². The van der Waals surface area contributed by atoms with Crippen LogP contribution in [0.15, 0.2) is 54.7 Å². The summed E-state index contributed by atoms with van der Waals surface area (Å²) in [6, 6.07) is 14.7. The van der Waals surface area contributed by atoms with E-state index in [0.29, 0.717) is 49.1 Å². The highest BCUT2D eigenvalue weighted by molar-refractivity contribution is 5.90. The monoisotopic (exact) mass is 518 g/mol. The van der Waals surface area contributed by atoms with Crippen LogP contribution in [0.1, 0.15) is 38.5 Å². The zero-order valence-corrected chi connectivity index (χ0v) is 21.2. The van der Waals surface area contributed by atoms with Gasteiger partial charge in [-0.25, -0.2) is 14.8 Å². The van der Waals surface area contributed by atoms with Gasteiger partial charge in [0.2, 0.25) is 5.95 Å². The smallest absolute Gasteiger partial charge is 0.319 e. The van der Waals surface area contributed by atoms with Crippen molar-refractivity contribution in [3.63, 3.8) is 0 Å². The molecule has 0 unspecified atom stereocenters. The number of benzene rings is 2. The van der Waals surface area contributed by atoms with Crippen LogP contribution in [0.5, 0.6) is 5.75 Å². The summed E-state index contributed by atoms with van der Waals surface area (Å²) in [6.45, 7) is 1.41. The molecule has 0 bridgehead atoms. The fourth-order valence-corrected chi connectivity index (χ4v) is 4.74. The van der Waals surface area contributed by atoms with Gasteiger partial charge in [-0.1, -0.05) is 6.07 Å². The molecule has 0 spiro atoms. The number of aliphatic hydroxyl groups excluding tert-OH is 1. The summed E-state index contributed by atoms with van der Waals surface area (Å²) in [6.07, 6.45) is 6.24. The van der Waals surface area contributed by atoms with Crippen molar-refractivity contribution in [2.75, 3.05) is 29.6 Å². The molecule has 0 atom stereocenters. The number of ether oxygens (including phenoxy) is 2. The molecule has 10 heteroatoms. The van der Waals surface area contributed by atoms with E-state index in [9.17, 15) is 9.90 Å². The Morgan fingerprint density at radius 3 is 2.58 bits per heavy atom. The second-order valence-electron chi connectivity index (χ2n) is 9.76. The lowest BCUT2D eigenvalue weighted by Gasteiger charge is -2.26. The quantitative estimate of drug-likeness (QED) is 0.289. The Kier molecular flexibility index (Phi) is 8.20. The maximum absolute atomic E-state index is 12.4. The van der Waals surface area contributed by atoms with Crippen molar-refractivity contribution >= 4 is 29.0 Å². The third-order valence-corrected chi connectivity index (χ3v) is 6.83. The normalized spacial score (nSPS) is 19.9. The predicted octanol–water partition coefficient (Wildman–Crippen LogP) is 4.45. The van der Waals surface area contributed by atoms with Crippen molar-refractivity contribution in [2.45, 2.75) is 56.8 Å². The number of aromatic nitrogens is 2. The minimum atomic E-state index is -0.261. The van der Waals surface area contributed by atoms with Crippen molar-refractivity contribution < 1.29 is 19.4 Å². The summed E-state index contributed by atoms with van der Waals surface area (Å²) in [5.41, 5.74) is 9.81. The van der Waals surface area contributed by atoms with Gasteiger partial charge < -0.3 is 36.3 Å². The third-order valence-electron chi connectivity index (χ3n) is 6.83. The fraction of sp³-hybridized carbons (Fsp3) is 0.393. The molecule has 1 aromatic heterocycles. The van der Waals surface area contributed by atoms with Gasteiger partial charge in [-0.3, -0.25) is 0 Å². The lowest BCUT2D eigenvalue weighted by atomic mass is 9.93. The first-order valence-electron chi connectivity index (χ1n) is 13.1. The van der Waals surface area contributed by atoms with E-state index < -0.39 is 0 Å². The molecule has 0 radical (unpaired) electrons. The molecule has 2 amide bonds. The molecule has 1 aliphatic heterocycles. The van der Waals surface area contributed by atoms with Gasteiger partial charge >= 0.3 is 6.03 Å². The molecule has 1 saturated heterocycles. The summed E-state index contributed by atoms with van der Waals surface area (Å²) in [7, 11) is 0. The SMILES string of the molecule is Nc1cc(-c2ccnc(Nc3cccc(NC(=O)NC4CCC(O)CC4)c3)n2)ccc1OC1CCOCC1. The Balaban J connectivity index is 1.21. The number of nitrogen functional groups attached to an aromatic ring is 1. The molecule has 10 nitrogen and oxygen atoms in total. The number of nitrogens with one attached hydrogen (secondary N) is 3. The number of carbonyl (C=O) groups excluding carboxylic acids is 1. The molecule has 2 aromatic carbocycles. The highest BCUT2D eigenvalue weighted by atomic mass is 16.5. The van der Waals surface area contributed by atoms with Crippen LogP contribution in [0.25, 0.3) is 11.3 Å². The van der Waals surface area contributed by atoms with Crippen LogP contribution in [-0.4, -0.2) is 52.6 Å². The van der Waals surface area contributed by atoms with E-state index in [0.717, 1.165) is 42.6 Å². The number of amides is 2. The molecule has 2 heterocycles. The Bertz CT molecular complexity index is 1240. The Labute approximate surface area is 222 Å². The Morgan fingerprint density at radius 2 is 1.79 bits per heavy atom. The lowest BCUT2D eigenvalue weighted by molar-refractivity contribution is 0.0259. The average Bonchev–Trinajstić information content (AvgIpc) is 2.92. The van der Waals surface area contributed by atoms with Gasteiger partial charge in [0, 0.05) is 42.0 Å². The van der Waals surface area contributed by atoms with Gasteiger partial charge in [-0.15, -0.1) is 0 Å². The van der Waals surface area contributed by atoms with Gasteiger partial charge in [0.05, 0.1) is 30.7 Å². The molecule has 1 saturated carbocycles. The maximum Gasteiger partial charge on any atom is 0.319 e. The van der Waals surface area contributed by atoms with Gasteiger partial charge in [0.15, 0.2) is 0 Å². The van der Waals surface area contributed by atoms with Crippen molar-refractivity contribution in [3.8, 4) is 17.0 Å². The fourth-order valence-electron chi connectivity index (χ4n) is 4.74. The molecule has 6 N–H and O–H groups in total. The van der Waals surface area contributed by atoms with Gasteiger partial charge in [0.1, 0.15) is 11.9 Å². The average molecular weight is 519 g/mol. The van der Waals surface area contributed by atoms with Crippen LogP contribution in [0.2, 0.25) is 0 Å². The van der Waals surface area contributed by atoms with Crippen LogP contribution in [0, 0.1) is 0 Å². The number of nitrogens with two attached hydrogens (primary N) is 1. The van der Waals surface area contributed by atoms with E-state index in [4.69, 9.17) is 15.2 Å². The summed E-state index contributed by atoms with van der Waals surface area (Å²) < 4.78 is 11.5. The molecule has 2 aliphatic rings. The van der Waals surface area contributed by atoms with Crippen molar-refractivity contribution in [2.24, 2.45) is 0 Å². The summed E-state index contributed by atoms with van der Waals surface area (Å²) >= 11 is 0. The van der Waals surface area contributed by atoms with Gasteiger partial charge in [-0.05, 0) is 68.1 Å². The van der Waals surface area contributed by atoms with Crippen molar-refractivity contribution in [3.05, 3.63) is 54.7 Å². The standard InChI is InChI=1S/C28H34N6O4/c29-24-16-18(4-9-26(24)38-23-11-14-37-15-12-23)25-10-13-30-27(34-25)31-20-2-1-3-21(17-20)33-28(36)32-19-5-7-22(35)8-6-19/h1-4,9-10,13,16-17,19,22-23,35H,5-8,11-12,14-15,29H2,(H,30,31,34)(H2,32,33,36). The van der Waals surface area contributed by atoms with Gasteiger partial charge in [-0.2, -0.15) is 0 Å². The van der Waals surface area contributed by atoms with E-state index >= 15 is 0 Å². The molecular weight excluding hydrogens is 484 g/mol. The molecule has 3 aromatic rings. The molecule has 200 valence electrons. The number of urea groups is 1. The highest BCUT2D eigenvalue weighted by Gasteiger charge is 2.21. The highest BCUT2D eigenvalue weighted by Crippen LogP contribution is 2.30. The molecule has 2 fully saturated rings. The Hall–Kier alpha value is -3.89. The first-order valence-corrected chi connectivity index (χ1v) is 13.1. The lowest BCUT2D eigenvalue weighted by Crippen LogP contribution is -2.40. The minimum Gasteiger partial charge on any atom is -0.488 e. The molecule has 1 aliphatic carbocycles. The topological polar surface area (TPSA) is 144 Å². The minimum absolute atomic E-state index is 0.0763. The van der Waals surface area contributed by atoms with E-state index in [-0.39, 0.29) is 24.3 Å². The predicted molar refractivity (Wildman–Crippen MR) is 146 cm³/mol. The molecule has 5 rings (SSSR count). The van der Waals surface area contributed by atoms with Crippen LogP contribution >= 0.6 is 0 Å². The van der Waals surface area contributed by atoms with Crippen LogP contribution < -0.4 is 26.4 Å². The van der Waals surface area contributed by atoms with E-state index in [1.165, 1.54) is 0 Å².